The summed E-state index contributed by atoms with van der Waals surface area (Å²) in [5.41, 5.74) is 3.16. The average molecular weight is 350 g/mol. The number of urea groups is 1. The van der Waals surface area contributed by atoms with Crippen molar-refractivity contribution in [3.63, 3.8) is 0 Å². The predicted molar refractivity (Wildman–Crippen MR) is 95.7 cm³/mol. The third kappa shape index (κ3) is 2.90. The monoisotopic (exact) mass is 350 g/mol. The number of aryl methyl sites for hydroxylation is 1. The number of benzene rings is 1. The van der Waals surface area contributed by atoms with Crippen LogP contribution in [-0.4, -0.2) is 28.5 Å². The van der Waals surface area contributed by atoms with E-state index in [0.717, 1.165) is 24.0 Å². The van der Waals surface area contributed by atoms with E-state index in [1.165, 1.54) is 12.3 Å². The lowest BCUT2D eigenvalue weighted by molar-refractivity contribution is 0.187. The Morgan fingerprint density at radius 2 is 2.19 bits per heavy atom. The molecule has 2 aromatic rings. The van der Waals surface area contributed by atoms with E-state index in [2.05, 4.69) is 16.4 Å². The second kappa shape index (κ2) is 6.41. The van der Waals surface area contributed by atoms with Gasteiger partial charge in [-0.2, -0.15) is 5.26 Å². The van der Waals surface area contributed by atoms with Crippen LogP contribution < -0.4 is 5.32 Å². The zero-order chi connectivity index (χ0) is 18.3. The maximum atomic E-state index is 13.5. The third-order valence-electron chi connectivity index (χ3n) is 5.47. The van der Waals surface area contributed by atoms with Gasteiger partial charge >= 0.3 is 6.03 Å². The smallest absolute Gasteiger partial charge is 0.321 e. The molecular weight excluding hydrogens is 331 g/mol. The van der Waals surface area contributed by atoms with Crippen molar-refractivity contribution in [2.45, 2.75) is 25.8 Å². The van der Waals surface area contributed by atoms with Gasteiger partial charge in [-0.05, 0) is 55.0 Å². The molecule has 2 aliphatic rings. The molecule has 1 N–H and O–H groups in total. The molecule has 132 valence electrons. The van der Waals surface area contributed by atoms with Crippen LogP contribution in [0.3, 0.4) is 0 Å². The minimum absolute atomic E-state index is 0.0792. The highest BCUT2D eigenvalue weighted by Crippen LogP contribution is 2.42. The van der Waals surface area contributed by atoms with Crippen molar-refractivity contribution >= 4 is 11.7 Å². The fourth-order valence-corrected chi connectivity index (χ4v) is 4.13. The van der Waals surface area contributed by atoms with E-state index < -0.39 is 5.82 Å². The molecule has 1 saturated carbocycles. The van der Waals surface area contributed by atoms with Gasteiger partial charge in [-0.15, -0.1) is 0 Å². The first-order chi connectivity index (χ1) is 12.5. The molecular formula is C20H19FN4O. The molecule has 5 nitrogen and oxygen atoms in total. The Hall–Kier alpha value is -2.94. The highest BCUT2D eigenvalue weighted by Gasteiger charge is 2.46. The van der Waals surface area contributed by atoms with E-state index in [4.69, 9.17) is 5.26 Å². The van der Waals surface area contributed by atoms with Gasteiger partial charge in [0, 0.05) is 30.0 Å². The number of rotatable bonds is 2. The highest BCUT2D eigenvalue weighted by molar-refractivity contribution is 5.91. The minimum atomic E-state index is -0.392. The summed E-state index contributed by atoms with van der Waals surface area (Å²) in [6.07, 6.45) is 4.46. The molecule has 0 radical (unpaired) electrons. The number of nitriles is 1. The first-order valence-corrected chi connectivity index (χ1v) is 8.74. The van der Waals surface area contributed by atoms with Crippen LogP contribution >= 0.6 is 0 Å². The zero-order valence-corrected chi connectivity index (χ0v) is 14.4. The van der Waals surface area contributed by atoms with E-state index in [1.54, 1.807) is 6.20 Å². The van der Waals surface area contributed by atoms with Gasteiger partial charge in [0.1, 0.15) is 5.82 Å². The first-order valence-electron chi connectivity index (χ1n) is 8.74. The van der Waals surface area contributed by atoms with Gasteiger partial charge in [0.15, 0.2) is 0 Å². The molecule has 26 heavy (non-hydrogen) atoms. The second-order valence-electron chi connectivity index (χ2n) is 7.12. The summed E-state index contributed by atoms with van der Waals surface area (Å²) in [4.78, 5) is 18.4. The summed E-state index contributed by atoms with van der Waals surface area (Å²) in [6.45, 7) is 2.58. The summed E-state index contributed by atoms with van der Waals surface area (Å²) in [7, 11) is 0. The number of piperidine rings is 1. The number of fused-ring (bicyclic) bond motifs is 2. The van der Waals surface area contributed by atoms with E-state index in [1.807, 2.05) is 30.0 Å². The molecule has 1 aromatic heterocycles. The van der Waals surface area contributed by atoms with Crippen molar-refractivity contribution in [2.24, 2.45) is 11.8 Å². The number of nitrogens with zero attached hydrogens (tertiary/aromatic N) is 3. The topological polar surface area (TPSA) is 69.0 Å². The van der Waals surface area contributed by atoms with Crippen LogP contribution in [0.25, 0.3) is 11.1 Å². The molecule has 3 atom stereocenters. The quantitative estimate of drug-likeness (QED) is 0.891. The second-order valence-corrected chi connectivity index (χ2v) is 7.12. The Morgan fingerprint density at radius 3 is 2.88 bits per heavy atom. The van der Waals surface area contributed by atoms with E-state index in [9.17, 15) is 9.18 Å². The van der Waals surface area contributed by atoms with Crippen molar-refractivity contribution in [1.29, 1.82) is 5.26 Å². The SMILES string of the molecule is Cc1ccc(NC(=O)N2C[C@H]3C[C@@H]2C[C@@H]3C#N)cc1-c1cncc(F)c1. The van der Waals surface area contributed by atoms with Gasteiger partial charge in [0.05, 0.1) is 18.2 Å². The zero-order valence-electron chi connectivity index (χ0n) is 14.4. The number of likely N-dealkylation sites (tertiary alicyclic amines) is 1. The average Bonchev–Trinajstić information content (AvgIpc) is 3.23. The fraction of sp³-hybridized carbons (Fsp3) is 0.350. The van der Waals surface area contributed by atoms with Crippen LogP contribution in [0.5, 0.6) is 0 Å². The molecule has 0 unspecified atom stereocenters. The first kappa shape index (κ1) is 16.5. The highest BCUT2D eigenvalue weighted by atomic mass is 19.1. The molecule has 2 heterocycles. The molecule has 1 saturated heterocycles. The largest absolute Gasteiger partial charge is 0.322 e. The Kier molecular flexibility index (Phi) is 4.08. The van der Waals surface area contributed by atoms with Crippen molar-refractivity contribution in [3.8, 4) is 17.2 Å². The van der Waals surface area contributed by atoms with Gasteiger partial charge in [-0.3, -0.25) is 4.98 Å². The molecule has 2 fully saturated rings. The number of hydrogen-bond donors (Lipinski definition) is 1. The third-order valence-corrected chi connectivity index (χ3v) is 5.47. The lowest BCUT2D eigenvalue weighted by Gasteiger charge is -2.29. The van der Waals surface area contributed by atoms with Gasteiger partial charge in [-0.1, -0.05) is 6.07 Å². The van der Waals surface area contributed by atoms with Gasteiger partial charge in [0.2, 0.25) is 0 Å². The number of carbonyl (C=O) groups excluding carboxylic acids is 1. The number of carbonyl (C=O) groups is 1. The number of pyridine rings is 1. The summed E-state index contributed by atoms with van der Waals surface area (Å²) in [5, 5.41) is 12.1. The number of anilines is 1. The number of halogens is 1. The van der Waals surface area contributed by atoms with Gasteiger partial charge in [-0.25, -0.2) is 9.18 Å². The Bertz CT molecular complexity index is 907. The van der Waals surface area contributed by atoms with Crippen LogP contribution in [0, 0.1) is 35.9 Å². The van der Waals surface area contributed by atoms with E-state index in [-0.39, 0.29) is 18.0 Å². The number of aromatic nitrogens is 1. The fourth-order valence-electron chi connectivity index (χ4n) is 4.13. The molecule has 0 spiro atoms. The number of amides is 2. The molecule has 6 heteroatoms. The molecule has 4 rings (SSSR count). The van der Waals surface area contributed by atoms with Crippen LogP contribution in [-0.2, 0) is 0 Å². The lowest BCUT2D eigenvalue weighted by Crippen LogP contribution is -2.42. The van der Waals surface area contributed by atoms with Crippen LogP contribution in [0.2, 0.25) is 0 Å². The maximum absolute atomic E-state index is 13.5. The standard InChI is InChI=1S/C20H19FN4O/c1-12-2-3-17(7-19(12)14-4-16(21)10-23-9-14)24-20(26)25-11-15-6-18(25)5-13(15)8-22/h2-4,7,9-10,13,15,18H,5-6,11H2,1H3,(H,24,26)/t13-,15-,18+/m1/s1. The van der Waals surface area contributed by atoms with Gasteiger partial charge < -0.3 is 10.2 Å². The Morgan fingerprint density at radius 1 is 1.35 bits per heavy atom. The van der Waals surface area contributed by atoms with Crippen molar-refractivity contribution in [2.75, 3.05) is 11.9 Å². The Labute approximate surface area is 151 Å². The van der Waals surface area contributed by atoms with Crippen LogP contribution in [0.15, 0.2) is 36.7 Å². The normalized spacial score (nSPS) is 23.7. The molecule has 2 bridgehead atoms. The van der Waals surface area contributed by atoms with Crippen molar-refractivity contribution in [3.05, 3.63) is 48.0 Å². The minimum Gasteiger partial charge on any atom is -0.321 e. The predicted octanol–water partition coefficient (Wildman–Crippen LogP) is 3.96. The molecule has 2 amide bonds. The van der Waals surface area contributed by atoms with Gasteiger partial charge in [0.25, 0.3) is 0 Å². The van der Waals surface area contributed by atoms with Crippen LogP contribution in [0.4, 0.5) is 14.9 Å². The lowest BCUT2D eigenvalue weighted by atomic mass is 9.96. The van der Waals surface area contributed by atoms with E-state index >= 15 is 0 Å². The summed E-state index contributed by atoms with van der Waals surface area (Å²) in [5.74, 6) is -0.0188. The molecule has 1 aliphatic heterocycles. The maximum Gasteiger partial charge on any atom is 0.322 e. The summed E-state index contributed by atoms with van der Waals surface area (Å²) in [6, 6.07) is 9.38. The van der Waals surface area contributed by atoms with E-state index in [0.29, 0.717) is 23.7 Å². The number of nitrogens with one attached hydrogen (secondary N) is 1. The van der Waals surface area contributed by atoms with Crippen LogP contribution in [0.1, 0.15) is 18.4 Å². The summed E-state index contributed by atoms with van der Waals surface area (Å²) >= 11 is 0. The Balaban J connectivity index is 1.52. The summed E-state index contributed by atoms with van der Waals surface area (Å²) < 4.78 is 13.5. The van der Waals surface area contributed by atoms with Crippen molar-refractivity contribution < 1.29 is 9.18 Å². The van der Waals surface area contributed by atoms with Crippen molar-refractivity contribution in [1.82, 2.24) is 9.88 Å². The molecule has 1 aliphatic carbocycles. The molecule has 1 aromatic carbocycles. The number of hydrogen-bond acceptors (Lipinski definition) is 3.